The minimum Gasteiger partial charge on any atom is -0.466 e. The highest BCUT2D eigenvalue weighted by atomic mass is 16.5. The van der Waals surface area contributed by atoms with E-state index in [1.165, 1.54) is 0 Å². The average molecular weight is 344 g/mol. The smallest absolute Gasteiger partial charge is 0.307 e. The van der Waals surface area contributed by atoms with Gasteiger partial charge in [-0.05, 0) is 26.7 Å². The summed E-state index contributed by atoms with van der Waals surface area (Å²) in [5.74, 6) is -0.387. The fourth-order valence-electron chi connectivity index (χ4n) is 2.45. The first-order valence-electron chi connectivity index (χ1n) is 9.04. The summed E-state index contributed by atoms with van der Waals surface area (Å²) in [6.07, 6.45) is 2.14. The van der Waals surface area contributed by atoms with Crippen LogP contribution in [0.4, 0.5) is 0 Å². The standard InChI is InChI=1S/C18H36N2O4/c1-13(2)19-15(5)11-17(21)23-9-7-8-10-24-18(22)12-16(6)20-14(3)4/h13-16,19-20H,7-12H2,1-6H3. The van der Waals surface area contributed by atoms with E-state index in [4.69, 9.17) is 9.47 Å². The van der Waals surface area contributed by atoms with E-state index in [0.717, 1.165) is 0 Å². The van der Waals surface area contributed by atoms with Crippen LogP contribution in [-0.4, -0.2) is 49.3 Å². The topological polar surface area (TPSA) is 76.7 Å². The van der Waals surface area contributed by atoms with Crippen molar-refractivity contribution in [1.29, 1.82) is 0 Å². The van der Waals surface area contributed by atoms with Crippen molar-refractivity contribution in [3.8, 4) is 0 Å². The molecule has 0 rings (SSSR count). The Morgan fingerprint density at radius 3 is 1.33 bits per heavy atom. The summed E-state index contributed by atoms with van der Waals surface area (Å²) >= 11 is 0. The summed E-state index contributed by atoms with van der Waals surface area (Å²) in [4.78, 5) is 23.3. The lowest BCUT2D eigenvalue weighted by Crippen LogP contribution is -2.34. The second-order valence-electron chi connectivity index (χ2n) is 7.00. The number of nitrogens with one attached hydrogen (secondary N) is 2. The fourth-order valence-corrected chi connectivity index (χ4v) is 2.45. The van der Waals surface area contributed by atoms with E-state index in [0.29, 0.717) is 51.0 Å². The summed E-state index contributed by atoms with van der Waals surface area (Å²) in [7, 11) is 0. The summed E-state index contributed by atoms with van der Waals surface area (Å²) in [5.41, 5.74) is 0. The molecule has 0 bridgehead atoms. The molecule has 0 spiro atoms. The van der Waals surface area contributed by atoms with Crippen LogP contribution in [0.1, 0.15) is 67.2 Å². The molecule has 2 atom stereocenters. The van der Waals surface area contributed by atoms with Gasteiger partial charge in [0.25, 0.3) is 0 Å². The molecule has 6 heteroatoms. The molecule has 6 nitrogen and oxygen atoms in total. The van der Waals surface area contributed by atoms with Gasteiger partial charge < -0.3 is 20.1 Å². The molecule has 142 valence electrons. The van der Waals surface area contributed by atoms with Crippen LogP contribution in [0.5, 0.6) is 0 Å². The lowest BCUT2D eigenvalue weighted by Gasteiger charge is -2.16. The number of hydrogen-bond acceptors (Lipinski definition) is 6. The summed E-state index contributed by atoms with van der Waals surface area (Å²) in [5, 5.41) is 6.52. The number of carbonyl (C=O) groups is 2. The van der Waals surface area contributed by atoms with E-state index in [1.807, 2.05) is 41.5 Å². The molecule has 0 aromatic rings. The highest BCUT2D eigenvalue weighted by molar-refractivity contribution is 5.70. The molecular weight excluding hydrogens is 308 g/mol. The van der Waals surface area contributed by atoms with Crippen molar-refractivity contribution < 1.29 is 19.1 Å². The number of carbonyl (C=O) groups excluding carboxylic acids is 2. The first-order valence-corrected chi connectivity index (χ1v) is 9.04. The van der Waals surface area contributed by atoms with E-state index in [9.17, 15) is 9.59 Å². The Balaban J connectivity index is 3.59. The molecule has 0 radical (unpaired) electrons. The van der Waals surface area contributed by atoms with Crippen molar-refractivity contribution in [1.82, 2.24) is 10.6 Å². The zero-order valence-electron chi connectivity index (χ0n) is 16.2. The maximum atomic E-state index is 11.6. The third kappa shape index (κ3) is 14.5. The molecule has 0 saturated carbocycles. The van der Waals surface area contributed by atoms with Crippen molar-refractivity contribution in [3.05, 3.63) is 0 Å². The molecule has 0 amide bonds. The van der Waals surface area contributed by atoms with Gasteiger partial charge in [0.15, 0.2) is 0 Å². The van der Waals surface area contributed by atoms with E-state index in [2.05, 4.69) is 10.6 Å². The second-order valence-corrected chi connectivity index (χ2v) is 7.00. The average Bonchev–Trinajstić information content (AvgIpc) is 2.40. The van der Waals surface area contributed by atoms with Gasteiger partial charge in [0.05, 0.1) is 26.1 Å². The zero-order valence-corrected chi connectivity index (χ0v) is 16.2. The number of ether oxygens (including phenoxy) is 2. The van der Waals surface area contributed by atoms with Crippen molar-refractivity contribution in [2.24, 2.45) is 0 Å². The Morgan fingerprint density at radius 2 is 1.04 bits per heavy atom. The minimum absolute atomic E-state index is 0.111. The molecule has 0 fully saturated rings. The predicted octanol–water partition coefficient (Wildman–Crippen LogP) is 2.41. The maximum absolute atomic E-state index is 11.6. The highest BCUT2D eigenvalue weighted by Gasteiger charge is 2.12. The Bertz CT molecular complexity index is 325. The molecule has 0 aliphatic carbocycles. The molecule has 0 heterocycles. The Morgan fingerprint density at radius 1 is 0.708 bits per heavy atom. The fraction of sp³-hybridized carbons (Fsp3) is 0.889. The van der Waals surface area contributed by atoms with Gasteiger partial charge in [-0.15, -0.1) is 0 Å². The second kappa shape index (κ2) is 13.2. The molecule has 2 N–H and O–H groups in total. The SMILES string of the molecule is CC(C)NC(C)CC(=O)OCCCCOC(=O)CC(C)NC(C)C. The molecule has 0 aromatic carbocycles. The van der Waals surface area contributed by atoms with Crippen molar-refractivity contribution in [2.45, 2.75) is 91.4 Å². The van der Waals surface area contributed by atoms with Gasteiger partial charge in [0, 0.05) is 24.2 Å². The Labute approximate surface area is 147 Å². The largest absolute Gasteiger partial charge is 0.466 e. The first-order chi connectivity index (χ1) is 11.2. The van der Waals surface area contributed by atoms with Crippen molar-refractivity contribution in [2.75, 3.05) is 13.2 Å². The third-order valence-electron chi connectivity index (χ3n) is 3.25. The monoisotopic (exact) mass is 344 g/mol. The van der Waals surface area contributed by atoms with E-state index >= 15 is 0 Å². The summed E-state index contributed by atoms with van der Waals surface area (Å²) < 4.78 is 10.4. The molecule has 0 saturated heterocycles. The summed E-state index contributed by atoms with van der Waals surface area (Å²) in [6.45, 7) is 12.9. The van der Waals surface area contributed by atoms with Gasteiger partial charge in [-0.3, -0.25) is 9.59 Å². The van der Waals surface area contributed by atoms with Gasteiger partial charge in [-0.25, -0.2) is 0 Å². The van der Waals surface area contributed by atoms with Crippen LogP contribution in [-0.2, 0) is 19.1 Å². The van der Waals surface area contributed by atoms with Crippen LogP contribution in [0.15, 0.2) is 0 Å². The van der Waals surface area contributed by atoms with Gasteiger partial charge >= 0.3 is 11.9 Å². The van der Waals surface area contributed by atoms with Crippen LogP contribution in [0.3, 0.4) is 0 Å². The van der Waals surface area contributed by atoms with E-state index in [1.54, 1.807) is 0 Å². The van der Waals surface area contributed by atoms with Gasteiger partial charge in [-0.2, -0.15) is 0 Å². The number of rotatable bonds is 13. The van der Waals surface area contributed by atoms with Crippen LogP contribution < -0.4 is 10.6 Å². The molecule has 2 unspecified atom stereocenters. The number of esters is 2. The van der Waals surface area contributed by atoms with Gasteiger partial charge in [0.1, 0.15) is 0 Å². The van der Waals surface area contributed by atoms with Crippen molar-refractivity contribution >= 4 is 11.9 Å². The quantitative estimate of drug-likeness (QED) is 0.395. The minimum atomic E-state index is -0.193. The maximum Gasteiger partial charge on any atom is 0.307 e. The first kappa shape index (κ1) is 22.9. The Hall–Kier alpha value is -1.14. The molecule has 0 aromatic heterocycles. The van der Waals surface area contributed by atoms with Crippen LogP contribution >= 0.6 is 0 Å². The Kier molecular flexibility index (Phi) is 12.6. The van der Waals surface area contributed by atoms with Gasteiger partial charge in [0.2, 0.25) is 0 Å². The normalized spacial score (nSPS) is 13.8. The zero-order chi connectivity index (χ0) is 18.5. The molecular formula is C18H36N2O4. The highest BCUT2D eigenvalue weighted by Crippen LogP contribution is 2.00. The lowest BCUT2D eigenvalue weighted by atomic mass is 10.2. The van der Waals surface area contributed by atoms with Crippen molar-refractivity contribution in [3.63, 3.8) is 0 Å². The van der Waals surface area contributed by atoms with E-state index < -0.39 is 0 Å². The third-order valence-corrected chi connectivity index (χ3v) is 3.25. The number of unbranched alkanes of at least 4 members (excludes halogenated alkanes) is 1. The van der Waals surface area contributed by atoms with Crippen LogP contribution in [0.25, 0.3) is 0 Å². The molecule has 0 aliphatic heterocycles. The molecule has 24 heavy (non-hydrogen) atoms. The van der Waals surface area contributed by atoms with E-state index in [-0.39, 0.29) is 24.0 Å². The lowest BCUT2D eigenvalue weighted by molar-refractivity contribution is -0.146. The van der Waals surface area contributed by atoms with Crippen LogP contribution in [0, 0.1) is 0 Å². The van der Waals surface area contributed by atoms with Crippen LogP contribution in [0.2, 0.25) is 0 Å². The molecule has 0 aliphatic rings. The predicted molar refractivity (Wildman–Crippen MR) is 95.9 cm³/mol. The summed E-state index contributed by atoms with van der Waals surface area (Å²) in [6, 6.07) is 0.918. The van der Waals surface area contributed by atoms with Gasteiger partial charge in [-0.1, -0.05) is 27.7 Å². The number of hydrogen-bond donors (Lipinski definition) is 2.